The van der Waals surface area contributed by atoms with Crippen molar-refractivity contribution in [2.24, 2.45) is 0 Å². The number of hydrogen-bond acceptors (Lipinski definition) is 5. The average Bonchev–Trinajstić information content (AvgIpc) is 2.86. The molecule has 10 heteroatoms. The fourth-order valence-electron chi connectivity index (χ4n) is 3.35. The molecule has 1 N–H and O–H groups in total. The highest BCUT2D eigenvalue weighted by atomic mass is 79.9. The molecule has 0 aliphatic rings. The Bertz CT molecular complexity index is 1290. The summed E-state index contributed by atoms with van der Waals surface area (Å²) in [5, 5.41) is 2.80. The normalized spacial score (nSPS) is 11.2. The second-order valence-corrected chi connectivity index (χ2v) is 11.8. The first kappa shape index (κ1) is 28.0. The number of carbonyl (C=O) groups excluding carboxylic acids is 1. The number of sulfonamides is 1. The lowest BCUT2D eigenvalue weighted by Crippen LogP contribution is -2.41. The van der Waals surface area contributed by atoms with Crippen molar-refractivity contribution in [3.63, 3.8) is 0 Å². The third-order valence-corrected chi connectivity index (χ3v) is 8.81. The van der Waals surface area contributed by atoms with Gasteiger partial charge in [0.15, 0.2) is 0 Å². The van der Waals surface area contributed by atoms with E-state index in [1.807, 2.05) is 6.92 Å². The minimum Gasteiger partial charge on any atom is -0.496 e. The van der Waals surface area contributed by atoms with Gasteiger partial charge in [0.05, 0.1) is 22.2 Å². The van der Waals surface area contributed by atoms with E-state index in [0.29, 0.717) is 40.2 Å². The molecular formula is C26H28BrFN2O4S2. The summed E-state index contributed by atoms with van der Waals surface area (Å²) < 4.78 is 47.6. The van der Waals surface area contributed by atoms with E-state index < -0.39 is 15.9 Å². The highest BCUT2D eigenvalue weighted by Gasteiger charge is 2.28. The van der Waals surface area contributed by atoms with Gasteiger partial charge in [-0.15, -0.1) is 0 Å². The quantitative estimate of drug-likeness (QED) is 0.279. The number of rotatable bonds is 12. The Balaban J connectivity index is 1.63. The SMILES string of the molecule is COc1ccc(S(=O)(=O)N(CC(=O)NCCCSCc2ccccc2F)c2ccc(C)cc2)cc1Br. The third-order valence-electron chi connectivity index (χ3n) is 5.32. The standard InChI is InChI=1S/C26H28BrFN2O4S2/c1-19-8-10-21(11-9-19)30(36(32,33)22-12-13-25(34-2)23(27)16-22)17-26(31)29-14-5-15-35-18-20-6-3-4-7-24(20)28/h3-4,6-13,16H,5,14-15,17-18H2,1-2H3,(H,29,31). The molecule has 0 aliphatic heterocycles. The number of halogens is 2. The van der Waals surface area contributed by atoms with Gasteiger partial charge in [-0.3, -0.25) is 9.10 Å². The van der Waals surface area contributed by atoms with Gasteiger partial charge in [0.2, 0.25) is 5.91 Å². The molecule has 0 aliphatic carbocycles. The number of benzene rings is 3. The number of amides is 1. The number of methoxy groups -OCH3 is 1. The van der Waals surface area contributed by atoms with Crippen LogP contribution in [0.3, 0.4) is 0 Å². The lowest BCUT2D eigenvalue weighted by molar-refractivity contribution is -0.119. The van der Waals surface area contributed by atoms with Crippen molar-refractivity contribution in [3.8, 4) is 5.75 Å². The van der Waals surface area contributed by atoms with Crippen LogP contribution in [0.25, 0.3) is 0 Å². The maximum atomic E-state index is 13.7. The van der Waals surface area contributed by atoms with Crippen molar-refractivity contribution < 1.29 is 22.3 Å². The minimum absolute atomic E-state index is 0.0353. The van der Waals surface area contributed by atoms with Crippen LogP contribution in [0.5, 0.6) is 5.75 Å². The van der Waals surface area contributed by atoms with Gasteiger partial charge in [-0.05, 0) is 77.0 Å². The molecule has 0 saturated heterocycles. The Hall–Kier alpha value is -2.56. The Morgan fingerprint density at radius 1 is 1.11 bits per heavy atom. The van der Waals surface area contributed by atoms with Crippen LogP contribution in [0, 0.1) is 12.7 Å². The lowest BCUT2D eigenvalue weighted by atomic mass is 10.2. The summed E-state index contributed by atoms with van der Waals surface area (Å²) in [6.45, 7) is 1.93. The summed E-state index contributed by atoms with van der Waals surface area (Å²) in [6, 6.07) is 18.1. The predicted octanol–water partition coefficient (Wildman–Crippen LogP) is 5.54. The van der Waals surface area contributed by atoms with Crippen LogP contribution in [0.2, 0.25) is 0 Å². The molecule has 0 fully saturated rings. The highest BCUT2D eigenvalue weighted by Crippen LogP contribution is 2.30. The number of aryl methyl sites for hydroxylation is 1. The summed E-state index contributed by atoms with van der Waals surface area (Å²) in [5.41, 5.74) is 2.01. The maximum absolute atomic E-state index is 13.7. The molecular weight excluding hydrogens is 567 g/mol. The second kappa shape index (κ2) is 13.1. The minimum atomic E-state index is -4.04. The zero-order valence-electron chi connectivity index (χ0n) is 20.0. The first-order valence-electron chi connectivity index (χ1n) is 11.2. The van der Waals surface area contributed by atoms with Gasteiger partial charge < -0.3 is 10.1 Å². The molecule has 0 atom stereocenters. The Kier molecular flexibility index (Phi) is 10.2. The van der Waals surface area contributed by atoms with Crippen molar-refractivity contribution in [1.29, 1.82) is 0 Å². The molecule has 0 bridgehead atoms. The molecule has 1 amide bonds. The molecule has 3 aromatic carbocycles. The molecule has 0 saturated carbocycles. The zero-order chi connectivity index (χ0) is 26.1. The maximum Gasteiger partial charge on any atom is 0.264 e. The molecule has 3 rings (SSSR count). The molecule has 192 valence electrons. The lowest BCUT2D eigenvalue weighted by Gasteiger charge is -2.24. The van der Waals surface area contributed by atoms with Crippen LogP contribution < -0.4 is 14.4 Å². The van der Waals surface area contributed by atoms with Crippen molar-refractivity contribution in [2.75, 3.05) is 30.3 Å². The van der Waals surface area contributed by atoms with Gasteiger partial charge >= 0.3 is 0 Å². The van der Waals surface area contributed by atoms with Gasteiger partial charge in [-0.1, -0.05) is 35.9 Å². The van der Waals surface area contributed by atoms with Gasteiger partial charge in [-0.25, -0.2) is 12.8 Å². The first-order valence-corrected chi connectivity index (χ1v) is 14.6. The van der Waals surface area contributed by atoms with Crippen molar-refractivity contribution in [1.82, 2.24) is 5.32 Å². The van der Waals surface area contributed by atoms with Crippen LogP contribution >= 0.6 is 27.7 Å². The fraction of sp³-hybridized carbons (Fsp3) is 0.269. The van der Waals surface area contributed by atoms with E-state index in [2.05, 4.69) is 21.2 Å². The van der Waals surface area contributed by atoms with Crippen molar-refractivity contribution >= 4 is 49.3 Å². The Labute approximate surface area is 224 Å². The molecule has 0 aromatic heterocycles. The molecule has 6 nitrogen and oxygen atoms in total. The van der Waals surface area contributed by atoms with E-state index in [0.717, 1.165) is 15.6 Å². The summed E-state index contributed by atoms with van der Waals surface area (Å²) in [6.07, 6.45) is 0.674. The Morgan fingerprint density at radius 2 is 1.83 bits per heavy atom. The summed E-state index contributed by atoms with van der Waals surface area (Å²) in [4.78, 5) is 12.8. The topological polar surface area (TPSA) is 75.7 Å². The zero-order valence-corrected chi connectivity index (χ0v) is 23.3. The summed E-state index contributed by atoms with van der Waals surface area (Å²) >= 11 is 4.91. The molecule has 0 spiro atoms. The van der Waals surface area contributed by atoms with Crippen LogP contribution in [0.15, 0.2) is 76.1 Å². The van der Waals surface area contributed by atoms with Gasteiger partial charge in [0.25, 0.3) is 10.0 Å². The van der Waals surface area contributed by atoms with Crippen molar-refractivity contribution in [2.45, 2.75) is 24.0 Å². The summed E-state index contributed by atoms with van der Waals surface area (Å²) in [7, 11) is -2.54. The van der Waals surface area contributed by atoms with Gasteiger partial charge in [-0.2, -0.15) is 11.8 Å². The van der Waals surface area contributed by atoms with E-state index >= 15 is 0 Å². The molecule has 0 unspecified atom stereocenters. The van der Waals surface area contributed by atoms with Gasteiger partial charge in [0.1, 0.15) is 18.1 Å². The number of anilines is 1. The largest absolute Gasteiger partial charge is 0.496 e. The number of nitrogens with zero attached hydrogens (tertiary/aromatic N) is 1. The smallest absolute Gasteiger partial charge is 0.264 e. The van der Waals surface area contributed by atoms with E-state index in [-0.39, 0.29) is 17.3 Å². The number of nitrogens with one attached hydrogen (secondary N) is 1. The van der Waals surface area contributed by atoms with Crippen molar-refractivity contribution in [3.05, 3.63) is 88.1 Å². The number of ether oxygens (including phenoxy) is 1. The van der Waals surface area contributed by atoms with Crippen LogP contribution in [0.4, 0.5) is 10.1 Å². The monoisotopic (exact) mass is 594 g/mol. The van der Waals surface area contributed by atoms with Gasteiger partial charge in [0, 0.05) is 12.3 Å². The second-order valence-electron chi connectivity index (χ2n) is 7.99. The first-order chi connectivity index (χ1) is 17.2. The number of hydrogen-bond donors (Lipinski definition) is 1. The van der Waals surface area contributed by atoms with E-state index in [9.17, 15) is 17.6 Å². The molecule has 36 heavy (non-hydrogen) atoms. The third kappa shape index (κ3) is 7.47. The molecule has 3 aromatic rings. The number of carbonyl (C=O) groups is 1. The highest BCUT2D eigenvalue weighted by molar-refractivity contribution is 9.10. The number of thioether (sulfide) groups is 1. The molecule has 0 heterocycles. The van der Waals surface area contributed by atoms with Crippen LogP contribution in [0.1, 0.15) is 17.5 Å². The predicted molar refractivity (Wildman–Crippen MR) is 147 cm³/mol. The summed E-state index contributed by atoms with van der Waals surface area (Å²) in [5.74, 6) is 1.15. The van der Waals surface area contributed by atoms with Crippen LogP contribution in [-0.4, -0.2) is 40.3 Å². The molecule has 0 radical (unpaired) electrons. The van der Waals surface area contributed by atoms with E-state index in [1.54, 1.807) is 60.3 Å². The average molecular weight is 596 g/mol. The van der Waals surface area contributed by atoms with Crippen LogP contribution in [-0.2, 0) is 20.6 Å². The Morgan fingerprint density at radius 3 is 2.50 bits per heavy atom. The van der Waals surface area contributed by atoms with E-state index in [1.165, 1.54) is 25.3 Å². The van der Waals surface area contributed by atoms with E-state index in [4.69, 9.17) is 4.74 Å². The fourth-order valence-corrected chi connectivity index (χ4v) is 6.43.